The first-order valence-corrected chi connectivity index (χ1v) is 10.8. The highest BCUT2D eigenvalue weighted by molar-refractivity contribution is 9.10. The number of likely N-dealkylation sites (tertiary alicyclic amines) is 1. The number of aromatic nitrogens is 1. The molecule has 3 aromatic rings. The van der Waals surface area contributed by atoms with E-state index >= 15 is 0 Å². The van der Waals surface area contributed by atoms with E-state index in [1.165, 1.54) is 0 Å². The summed E-state index contributed by atoms with van der Waals surface area (Å²) in [5.74, 6) is 0.438. The van der Waals surface area contributed by atoms with Crippen molar-refractivity contribution in [2.75, 3.05) is 13.1 Å². The lowest BCUT2D eigenvalue weighted by Crippen LogP contribution is -2.39. The van der Waals surface area contributed by atoms with Gasteiger partial charge in [0, 0.05) is 41.4 Å². The number of rotatable bonds is 5. The maximum atomic E-state index is 12.8. The monoisotopic (exact) mass is 453 g/mol. The summed E-state index contributed by atoms with van der Waals surface area (Å²) < 4.78 is 1.01. The van der Waals surface area contributed by atoms with Gasteiger partial charge < -0.3 is 15.2 Å². The molecule has 1 saturated heterocycles. The number of nitrogens with zero attached hydrogens (tertiary/aromatic N) is 1. The van der Waals surface area contributed by atoms with Crippen molar-refractivity contribution in [2.24, 2.45) is 5.92 Å². The first-order chi connectivity index (χ1) is 14.1. The fraction of sp³-hybridized carbons (Fsp3) is 0.304. The van der Waals surface area contributed by atoms with E-state index < -0.39 is 0 Å². The van der Waals surface area contributed by atoms with Crippen LogP contribution in [0, 0.1) is 5.92 Å². The summed E-state index contributed by atoms with van der Waals surface area (Å²) >= 11 is 3.45. The number of piperidine rings is 1. The lowest BCUT2D eigenvalue weighted by atomic mass is 9.93. The van der Waals surface area contributed by atoms with Crippen molar-refractivity contribution in [1.82, 2.24) is 15.2 Å². The lowest BCUT2D eigenvalue weighted by Gasteiger charge is -2.31. The van der Waals surface area contributed by atoms with Gasteiger partial charge in [0.1, 0.15) is 5.69 Å². The molecule has 0 aliphatic carbocycles. The Labute approximate surface area is 178 Å². The molecule has 0 unspecified atom stereocenters. The molecule has 4 rings (SSSR count). The van der Waals surface area contributed by atoms with E-state index in [0.29, 0.717) is 37.7 Å². The standard InChI is InChI=1S/C23H24BrN3O2/c24-19-6-3-4-17(12-19)15-25-22(28)13-16-8-10-27(11-9-16)23(29)21-14-18-5-1-2-7-20(18)26-21/h1-7,12,14,16,26H,8-11,13,15H2,(H,25,28). The summed E-state index contributed by atoms with van der Waals surface area (Å²) in [6, 6.07) is 17.8. The van der Waals surface area contributed by atoms with Gasteiger partial charge in [0.05, 0.1) is 0 Å². The van der Waals surface area contributed by atoms with Crippen LogP contribution in [0.25, 0.3) is 10.9 Å². The van der Waals surface area contributed by atoms with Gasteiger partial charge in [0.25, 0.3) is 5.91 Å². The molecule has 2 N–H and O–H groups in total. The number of carbonyl (C=O) groups excluding carboxylic acids is 2. The Morgan fingerprint density at radius 3 is 2.62 bits per heavy atom. The predicted molar refractivity (Wildman–Crippen MR) is 118 cm³/mol. The molecule has 0 spiro atoms. The van der Waals surface area contributed by atoms with E-state index in [1.54, 1.807) is 0 Å². The Kier molecular flexibility index (Phi) is 6.00. The van der Waals surface area contributed by atoms with Crippen molar-refractivity contribution in [3.8, 4) is 0 Å². The summed E-state index contributed by atoms with van der Waals surface area (Å²) in [5, 5.41) is 4.05. The third-order valence-electron chi connectivity index (χ3n) is 5.51. The maximum absolute atomic E-state index is 12.8. The van der Waals surface area contributed by atoms with Crippen LogP contribution in [-0.2, 0) is 11.3 Å². The number of carbonyl (C=O) groups is 2. The molecule has 5 nitrogen and oxygen atoms in total. The number of H-pyrrole nitrogens is 1. The fourth-order valence-corrected chi connectivity index (χ4v) is 4.33. The number of para-hydroxylation sites is 1. The summed E-state index contributed by atoms with van der Waals surface area (Å²) in [6.07, 6.45) is 2.23. The highest BCUT2D eigenvalue weighted by atomic mass is 79.9. The predicted octanol–water partition coefficient (Wildman–Crippen LogP) is 4.49. The van der Waals surface area contributed by atoms with Crippen LogP contribution in [0.15, 0.2) is 59.1 Å². The first-order valence-electron chi connectivity index (χ1n) is 9.96. The van der Waals surface area contributed by atoms with Gasteiger partial charge in [0.2, 0.25) is 5.91 Å². The minimum absolute atomic E-state index is 0.0405. The third-order valence-corrected chi connectivity index (χ3v) is 6.01. The van der Waals surface area contributed by atoms with Crippen LogP contribution in [0.1, 0.15) is 35.3 Å². The van der Waals surface area contributed by atoms with Crippen LogP contribution < -0.4 is 5.32 Å². The second-order valence-corrected chi connectivity index (χ2v) is 8.53. The minimum atomic E-state index is 0.0405. The average molecular weight is 454 g/mol. The third kappa shape index (κ3) is 4.88. The van der Waals surface area contributed by atoms with Gasteiger partial charge in [-0.05, 0) is 48.6 Å². The second-order valence-electron chi connectivity index (χ2n) is 7.62. The quantitative estimate of drug-likeness (QED) is 0.597. The smallest absolute Gasteiger partial charge is 0.270 e. The molecule has 150 valence electrons. The normalized spacial score (nSPS) is 14.9. The van der Waals surface area contributed by atoms with Gasteiger partial charge >= 0.3 is 0 Å². The summed E-state index contributed by atoms with van der Waals surface area (Å²) in [6.45, 7) is 1.92. The molecule has 2 heterocycles. The summed E-state index contributed by atoms with van der Waals surface area (Å²) in [5.41, 5.74) is 2.69. The molecule has 0 saturated carbocycles. The number of fused-ring (bicyclic) bond motifs is 1. The zero-order valence-electron chi connectivity index (χ0n) is 16.2. The van der Waals surface area contributed by atoms with Crippen LogP contribution in [-0.4, -0.2) is 34.8 Å². The summed E-state index contributed by atoms with van der Waals surface area (Å²) in [7, 11) is 0. The number of hydrogen-bond donors (Lipinski definition) is 2. The molecule has 1 aliphatic rings. The van der Waals surface area contributed by atoms with Crippen molar-refractivity contribution >= 4 is 38.6 Å². The number of nitrogens with one attached hydrogen (secondary N) is 2. The maximum Gasteiger partial charge on any atom is 0.270 e. The van der Waals surface area contributed by atoms with Crippen molar-refractivity contribution in [3.05, 3.63) is 70.3 Å². The Bertz CT molecular complexity index is 989. The topological polar surface area (TPSA) is 65.2 Å². The number of halogens is 1. The number of aromatic amines is 1. The zero-order chi connectivity index (χ0) is 20.2. The van der Waals surface area contributed by atoms with E-state index in [-0.39, 0.29) is 11.8 Å². The zero-order valence-corrected chi connectivity index (χ0v) is 17.7. The van der Waals surface area contributed by atoms with Gasteiger partial charge in [-0.15, -0.1) is 0 Å². The largest absolute Gasteiger partial charge is 0.352 e. The van der Waals surface area contributed by atoms with E-state index in [9.17, 15) is 9.59 Å². The minimum Gasteiger partial charge on any atom is -0.352 e. The molecule has 1 aromatic heterocycles. The van der Waals surface area contributed by atoms with Gasteiger partial charge in [-0.1, -0.05) is 46.3 Å². The second kappa shape index (κ2) is 8.82. The summed E-state index contributed by atoms with van der Waals surface area (Å²) in [4.78, 5) is 30.2. The number of amides is 2. The Morgan fingerprint density at radius 2 is 1.86 bits per heavy atom. The van der Waals surface area contributed by atoms with Crippen LogP contribution in [0.4, 0.5) is 0 Å². The Balaban J connectivity index is 1.25. The molecule has 6 heteroatoms. The highest BCUT2D eigenvalue weighted by Gasteiger charge is 2.25. The van der Waals surface area contributed by atoms with Crippen molar-refractivity contribution in [1.29, 1.82) is 0 Å². The highest BCUT2D eigenvalue weighted by Crippen LogP contribution is 2.23. The molecule has 0 atom stereocenters. The van der Waals surface area contributed by atoms with Crippen LogP contribution in [0.2, 0.25) is 0 Å². The van der Waals surface area contributed by atoms with Crippen LogP contribution >= 0.6 is 15.9 Å². The van der Waals surface area contributed by atoms with Crippen LogP contribution in [0.3, 0.4) is 0 Å². The molecule has 1 aliphatic heterocycles. The lowest BCUT2D eigenvalue weighted by molar-refractivity contribution is -0.122. The van der Waals surface area contributed by atoms with Crippen LogP contribution in [0.5, 0.6) is 0 Å². The number of benzene rings is 2. The van der Waals surface area contributed by atoms with E-state index in [4.69, 9.17) is 0 Å². The molecule has 2 amide bonds. The van der Waals surface area contributed by atoms with E-state index in [0.717, 1.165) is 33.8 Å². The van der Waals surface area contributed by atoms with Crippen molar-refractivity contribution < 1.29 is 9.59 Å². The first kappa shape index (κ1) is 19.7. The molecular weight excluding hydrogens is 430 g/mol. The van der Waals surface area contributed by atoms with Gasteiger partial charge in [-0.2, -0.15) is 0 Å². The molecular formula is C23H24BrN3O2. The average Bonchev–Trinajstić information content (AvgIpc) is 3.17. The SMILES string of the molecule is O=C(CC1CCN(C(=O)c2cc3ccccc3[nH]2)CC1)NCc1cccc(Br)c1. The molecule has 2 aromatic carbocycles. The Morgan fingerprint density at radius 1 is 1.07 bits per heavy atom. The number of hydrogen-bond acceptors (Lipinski definition) is 2. The molecule has 29 heavy (non-hydrogen) atoms. The molecule has 0 bridgehead atoms. The molecule has 0 radical (unpaired) electrons. The Hall–Kier alpha value is -2.60. The van der Waals surface area contributed by atoms with Gasteiger partial charge in [-0.3, -0.25) is 9.59 Å². The molecule has 1 fully saturated rings. The fourth-order valence-electron chi connectivity index (χ4n) is 3.88. The van der Waals surface area contributed by atoms with E-state index in [1.807, 2.05) is 59.5 Å². The van der Waals surface area contributed by atoms with Crippen molar-refractivity contribution in [3.63, 3.8) is 0 Å². The van der Waals surface area contributed by atoms with Gasteiger partial charge in [-0.25, -0.2) is 0 Å². The van der Waals surface area contributed by atoms with E-state index in [2.05, 4.69) is 26.2 Å². The van der Waals surface area contributed by atoms with Crippen molar-refractivity contribution in [2.45, 2.75) is 25.8 Å². The van der Waals surface area contributed by atoms with Gasteiger partial charge in [0.15, 0.2) is 0 Å².